The number of benzene rings is 1. The molecule has 0 radical (unpaired) electrons. The van der Waals surface area contributed by atoms with Gasteiger partial charge in [-0.2, -0.15) is 0 Å². The van der Waals surface area contributed by atoms with E-state index >= 15 is 0 Å². The van der Waals surface area contributed by atoms with E-state index in [0.29, 0.717) is 19.6 Å². The molecule has 4 nitrogen and oxygen atoms in total. The van der Waals surface area contributed by atoms with E-state index in [4.69, 9.17) is 4.74 Å². The molecule has 1 N–H and O–H groups in total. The average molecular weight is 333 g/mol. The molecule has 0 aliphatic carbocycles. The molecule has 0 aromatic heterocycles. The summed E-state index contributed by atoms with van der Waals surface area (Å²) in [5, 5.41) is 3.48. The van der Waals surface area contributed by atoms with Gasteiger partial charge in [-0.25, -0.2) is 0 Å². The van der Waals surface area contributed by atoms with Gasteiger partial charge in [-0.05, 0) is 53.5 Å². The van der Waals surface area contributed by atoms with Gasteiger partial charge in [0.05, 0.1) is 12.2 Å². The molecule has 0 saturated carbocycles. The maximum Gasteiger partial charge on any atom is 0.159 e. The summed E-state index contributed by atoms with van der Waals surface area (Å²) in [4.78, 5) is 22.4. The number of carbonyl (C=O) groups is 2. The summed E-state index contributed by atoms with van der Waals surface area (Å²) < 4.78 is 6.02. The molecule has 0 atom stereocenters. The van der Waals surface area contributed by atoms with Gasteiger partial charge in [-0.15, -0.1) is 0 Å². The van der Waals surface area contributed by atoms with E-state index in [9.17, 15) is 9.59 Å². The van der Waals surface area contributed by atoms with Gasteiger partial charge in [-0.3, -0.25) is 4.79 Å². The Balaban J connectivity index is 2.48. The van der Waals surface area contributed by atoms with Gasteiger partial charge in [0, 0.05) is 24.1 Å². The number of Topliss-reactive ketones (excluding diaryl/α,β-unsaturated/α-hetero) is 2. The monoisotopic (exact) mass is 333 g/mol. The lowest BCUT2D eigenvalue weighted by Crippen LogP contribution is -2.45. The van der Waals surface area contributed by atoms with Crippen molar-refractivity contribution in [1.29, 1.82) is 0 Å². The molecule has 0 heterocycles. The molecule has 0 spiro atoms. The molecule has 0 unspecified atom stereocenters. The third-order valence-corrected chi connectivity index (χ3v) is 4.03. The zero-order valence-corrected chi connectivity index (χ0v) is 15.9. The lowest BCUT2D eigenvalue weighted by Gasteiger charge is -2.32. The predicted octanol–water partition coefficient (Wildman–Crippen LogP) is 3.92. The average Bonchev–Trinajstić information content (AvgIpc) is 2.50. The first-order chi connectivity index (χ1) is 11.0. The lowest BCUT2D eigenvalue weighted by molar-refractivity contribution is -0.119. The fraction of sp³-hybridized carbons (Fsp3) is 0.600. The molecular weight excluding hydrogens is 302 g/mol. The van der Waals surface area contributed by atoms with Crippen molar-refractivity contribution < 1.29 is 14.3 Å². The number of ketones is 2. The maximum atomic E-state index is 11.3. The Labute approximate surface area is 146 Å². The van der Waals surface area contributed by atoms with Gasteiger partial charge in [0.1, 0.15) is 5.78 Å². The van der Waals surface area contributed by atoms with E-state index in [0.717, 1.165) is 17.5 Å². The Kier molecular flexibility index (Phi) is 7.30. The quantitative estimate of drug-likeness (QED) is 0.659. The highest BCUT2D eigenvalue weighted by Gasteiger charge is 2.24. The largest absolute Gasteiger partial charge is 0.374 e. The first-order valence-electron chi connectivity index (χ1n) is 8.49. The summed E-state index contributed by atoms with van der Waals surface area (Å²) in [7, 11) is 0. The molecule has 0 saturated heterocycles. The molecule has 0 bridgehead atoms. The first kappa shape index (κ1) is 20.5. The second-order valence-electron chi connectivity index (χ2n) is 7.74. The Hall–Kier alpha value is -1.52. The number of ether oxygens (including phenoxy) is 1. The van der Waals surface area contributed by atoms with Gasteiger partial charge in [0.2, 0.25) is 0 Å². The smallest absolute Gasteiger partial charge is 0.159 e. The van der Waals surface area contributed by atoms with Crippen molar-refractivity contribution in [2.75, 3.05) is 6.61 Å². The van der Waals surface area contributed by atoms with E-state index in [1.165, 1.54) is 0 Å². The molecule has 0 aliphatic rings. The highest BCUT2D eigenvalue weighted by molar-refractivity contribution is 5.93. The van der Waals surface area contributed by atoms with Crippen LogP contribution in [0.1, 0.15) is 70.3 Å². The Morgan fingerprint density at radius 2 is 1.62 bits per heavy atom. The van der Waals surface area contributed by atoms with Crippen LogP contribution in [0.25, 0.3) is 0 Å². The summed E-state index contributed by atoms with van der Waals surface area (Å²) in [5.41, 5.74) is 1.36. The minimum absolute atomic E-state index is 0.0797. The second-order valence-corrected chi connectivity index (χ2v) is 7.74. The zero-order chi connectivity index (χ0) is 18.4. The van der Waals surface area contributed by atoms with Gasteiger partial charge in [0.25, 0.3) is 0 Å². The predicted molar refractivity (Wildman–Crippen MR) is 97.3 cm³/mol. The SMILES string of the molecule is CC(=O)CCC(C)(C)OCC(C)(C)NCc1ccc(C(C)=O)cc1. The summed E-state index contributed by atoms with van der Waals surface area (Å²) in [5.74, 6) is 0.272. The Morgan fingerprint density at radius 1 is 1.04 bits per heavy atom. The summed E-state index contributed by atoms with van der Waals surface area (Å²) >= 11 is 0. The second kappa shape index (κ2) is 8.54. The molecule has 24 heavy (non-hydrogen) atoms. The fourth-order valence-corrected chi connectivity index (χ4v) is 2.17. The van der Waals surface area contributed by atoms with Crippen molar-refractivity contribution >= 4 is 11.6 Å². The van der Waals surface area contributed by atoms with Crippen molar-refractivity contribution in [3.63, 3.8) is 0 Å². The van der Waals surface area contributed by atoms with Crippen molar-refractivity contribution in [3.8, 4) is 0 Å². The maximum absolute atomic E-state index is 11.3. The molecule has 134 valence electrons. The van der Waals surface area contributed by atoms with Crippen molar-refractivity contribution in [3.05, 3.63) is 35.4 Å². The molecule has 1 aromatic carbocycles. The number of carbonyl (C=O) groups excluding carboxylic acids is 2. The molecular formula is C20H31NO3. The van der Waals surface area contributed by atoms with E-state index < -0.39 is 0 Å². The molecule has 0 aliphatic heterocycles. The molecule has 0 amide bonds. The highest BCUT2D eigenvalue weighted by Crippen LogP contribution is 2.19. The van der Waals surface area contributed by atoms with Crippen LogP contribution in [0.15, 0.2) is 24.3 Å². The van der Waals surface area contributed by atoms with Crippen molar-refractivity contribution in [1.82, 2.24) is 5.32 Å². The summed E-state index contributed by atoms with van der Waals surface area (Å²) in [6.07, 6.45) is 1.27. The van der Waals surface area contributed by atoms with Crippen LogP contribution >= 0.6 is 0 Å². The Morgan fingerprint density at radius 3 is 2.12 bits per heavy atom. The minimum atomic E-state index is -0.312. The van der Waals surface area contributed by atoms with Crippen LogP contribution in [0.2, 0.25) is 0 Å². The molecule has 1 aromatic rings. The first-order valence-corrected chi connectivity index (χ1v) is 8.49. The van der Waals surface area contributed by atoms with Crippen LogP contribution in [-0.4, -0.2) is 29.3 Å². The van der Waals surface area contributed by atoms with E-state index in [-0.39, 0.29) is 22.7 Å². The van der Waals surface area contributed by atoms with E-state index in [1.807, 2.05) is 38.1 Å². The zero-order valence-electron chi connectivity index (χ0n) is 15.9. The number of hydrogen-bond acceptors (Lipinski definition) is 4. The minimum Gasteiger partial charge on any atom is -0.374 e. The number of hydrogen-bond donors (Lipinski definition) is 1. The summed E-state index contributed by atoms with van der Waals surface area (Å²) in [6, 6.07) is 7.65. The van der Waals surface area contributed by atoms with Gasteiger partial charge in [0.15, 0.2) is 5.78 Å². The topological polar surface area (TPSA) is 55.4 Å². The van der Waals surface area contributed by atoms with Gasteiger partial charge in [-0.1, -0.05) is 24.3 Å². The van der Waals surface area contributed by atoms with E-state index in [2.05, 4.69) is 19.2 Å². The van der Waals surface area contributed by atoms with Crippen LogP contribution in [-0.2, 0) is 16.1 Å². The van der Waals surface area contributed by atoms with Crippen LogP contribution in [0.4, 0.5) is 0 Å². The molecule has 0 fully saturated rings. The van der Waals surface area contributed by atoms with Gasteiger partial charge >= 0.3 is 0 Å². The normalized spacial score (nSPS) is 12.2. The summed E-state index contributed by atoms with van der Waals surface area (Å²) in [6.45, 7) is 12.7. The Bertz CT molecular complexity index is 559. The van der Waals surface area contributed by atoms with Crippen LogP contribution in [0.5, 0.6) is 0 Å². The lowest BCUT2D eigenvalue weighted by atomic mass is 9.99. The van der Waals surface area contributed by atoms with Crippen LogP contribution < -0.4 is 5.32 Å². The van der Waals surface area contributed by atoms with Crippen molar-refractivity contribution in [2.45, 2.75) is 72.1 Å². The highest BCUT2D eigenvalue weighted by atomic mass is 16.5. The van der Waals surface area contributed by atoms with Crippen LogP contribution in [0.3, 0.4) is 0 Å². The number of nitrogens with one attached hydrogen (secondary N) is 1. The third kappa shape index (κ3) is 7.84. The van der Waals surface area contributed by atoms with Crippen molar-refractivity contribution in [2.24, 2.45) is 0 Å². The third-order valence-electron chi connectivity index (χ3n) is 4.03. The standard InChI is InChI=1S/C20H31NO3/c1-15(22)11-12-20(5,6)24-14-19(3,4)21-13-17-7-9-18(10-8-17)16(2)23/h7-10,21H,11-14H2,1-6H3. The molecule has 1 rings (SSSR count). The fourth-order valence-electron chi connectivity index (χ4n) is 2.17. The van der Waals surface area contributed by atoms with Gasteiger partial charge < -0.3 is 14.8 Å². The van der Waals surface area contributed by atoms with E-state index in [1.54, 1.807) is 13.8 Å². The van der Waals surface area contributed by atoms with Crippen LogP contribution in [0, 0.1) is 0 Å². The molecule has 4 heteroatoms. The number of rotatable bonds is 10.